The Morgan fingerprint density at radius 3 is 2.49 bits per heavy atom. The predicted octanol–water partition coefficient (Wildman–Crippen LogP) is 6.92. The molecule has 0 atom stereocenters. The number of anilines is 2. The number of aromatic carboxylic acids is 1. The van der Waals surface area contributed by atoms with Crippen LogP contribution < -0.4 is 9.64 Å². The van der Waals surface area contributed by atoms with E-state index >= 15 is 0 Å². The molecule has 200 valence electrons. The quantitative estimate of drug-likeness (QED) is 0.300. The lowest BCUT2D eigenvalue weighted by Gasteiger charge is -2.29. The molecular formula is C30H27Cl2N3O4. The number of hydrogen-bond donors (Lipinski definition) is 1. The van der Waals surface area contributed by atoms with Crippen molar-refractivity contribution in [3.63, 3.8) is 0 Å². The summed E-state index contributed by atoms with van der Waals surface area (Å²) in [6.07, 6.45) is 4.39. The Bertz CT molecular complexity index is 1490. The second-order valence-corrected chi connectivity index (χ2v) is 10.4. The topological polar surface area (TPSA) is 92.1 Å². The number of benzene rings is 2. The van der Waals surface area contributed by atoms with Gasteiger partial charge in [-0.2, -0.15) is 0 Å². The average Bonchev–Trinajstić information content (AvgIpc) is 3.77. The third-order valence-electron chi connectivity index (χ3n) is 7.13. The highest BCUT2D eigenvalue weighted by Crippen LogP contribution is 2.40. The highest BCUT2D eigenvalue weighted by molar-refractivity contribution is 6.41. The van der Waals surface area contributed by atoms with E-state index in [4.69, 9.17) is 33.0 Å². The Morgan fingerprint density at radius 1 is 1.13 bits per heavy atom. The number of hydrogen-bond acceptors (Lipinski definition) is 5. The predicted molar refractivity (Wildman–Crippen MR) is 153 cm³/mol. The Morgan fingerprint density at radius 2 is 1.87 bits per heavy atom. The number of aliphatic imine (C=N–C) groups is 1. The van der Waals surface area contributed by atoms with Crippen molar-refractivity contribution in [2.45, 2.75) is 32.6 Å². The Hall–Kier alpha value is -3.68. The fourth-order valence-corrected chi connectivity index (χ4v) is 5.44. The summed E-state index contributed by atoms with van der Waals surface area (Å²) < 4.78 is 6.32. The third-order valence-corrected chi connectivity index (χ3v) is 7.76. The standard InChI is InChI=1S/C30H27Cl2N3O4/c1-17(18-6-7-18)22(29(33-2)28-23(31)4-3-5-24(28)32)16-39-21-10-11-25-19(14-21)9-13-27(36)35(25)26-12-8-20(15-34-26)30(37)38/h3-5,8,10-12,14-15,18H,6-7,9,13,16H2,1-2H3,(H,37,38)/b22-17+,33-29+. The molecule has 5 rings (SSSR count). The molecule has 7 nitrogen and oxygen atoms in total. The minimum Gasteiger partial charge on any atom is -0.489 e. The number of aryl methyl sites for hydroxylation is 1. The monoisotopic (exact) mass is 563 g/mol. The van der Waals surface area contributed by atoms with Crippen LogP contribution in [0.3, 0.4) is 0 Å². The molecule has 0 unspecified atom stereocenters. The molecule has 3 aromatic rings. The molecule has 1 fully saturated rings. The van der Waals surface area contributed by atoms with E-state index in [-0.39, 0.29) is 18.1 Å². The van der Waals surface area contributed by atoms with Gasteiger partial charge in [0.1, 0.15) is 18.2 Å². The molecule has 2 heterocycles. The number of rotatable bonds is 8. The number of nitrogens with zero attached hydrogens (tertiary/aromatic N) is 3. The van der Waals surface area contributed by atoms with E-state index in [0.717, 1.165) is 29.7 Å². The van der Waals surface area contributed by atoms with E-state index in [2.05, 4.69) is 16.9 Å². The van der Waals surface area contributed by atoms with Crippen molar-refractivity contribution in [1.29, 1.82) is 0 Å². The van der Waals surface area contributed by atoms with Crippen molar-refractivity contribution in [2.24, 2.45) is 10.9 Å². The summed E-state index contributed by atoms with van der Waals surface area (Å²) in [5.41, 5.74) is 5.32. The summed E-state index contributed by atoms with van der Waals surface area (Å²) >= 11 is 13.1. The van der Waals surface area contributed by atoms with Crippen LogP contribution in [0.25, 0.3) is 0 Å². The number of pyridine rings is 1. The zero-order chi connectivity index (χ0) is 27.7. The lowest BCUT2D eigenvalue weighted by atomic mass is 9.96. The number of carboxylic acid groups (broad SMARTS) is 1. The number of amides is 1. The molecular weight excluding hydrogens is 537 g/mol. The van der Waals surface area contributed by atoms with Gasteiger partial charge in [0.05, 0.1) is 27.0 Å². The zero-order valence-electron chi connectivity index (χ0n) is 21.6. The third kappa shape index (κ3) is 5.56. The average molecular weight is 564 g/mol. The molecule has 1 saturated carbocycles. The van der Waals surface area contributed by atoms with E-state index < -0.39 is 5.97 Å². The molecule has 0 spiro atoms. The number of carbonyl (C=O) groups is 2. The van der Waals surface area contributed by atoms with Crippen molar-refractivity contribution >= 4 is 52.3 Å². The van der Waals surface area contributed by atoms with Crippen molar-refractivity contribution in [1.82, 2.24) is 4.98 Å². The molecule has 9 heteroatoms. The van der Waals surface area contributed by atoms with Gasteiger partial charge in [0.15, 0.2) is 0 Å². The molecule has 2 aliphatic rings. The van der Waals surface area contributed by atoms with E-state index in [0.29, 0.717) is 51.6 Å². The van der Waals surface area contributed by atoms with Crippen molar-refractivity contribution in [3.8, 4) is 5.75 Å². The van der Waals surface area contributed by atoms with Crippen LogP contribution in [0.5, 0.6) is 5.75 Å². The van der Waals surface area contributed by atoms with E-state index in [1.165, 1.54) is 22.7 Å². The Kier molecular flexibility index (Phi) is 7.73. The van der Waals surface area contributed by atoms with Gasteiger partial charge in [-0.3, -0.25) is 14.7 Å². The van der Waals surface area contributed by atoms with Crippen LogP contribution in [0.4, 0.5) is 11.5 Å². The maximum atomic E-state index is 12.8. The highest BCUT2D eigenvalue weighted by atomic mass is 35.5. The fourth-order valence-electron chi connectivity index (χ4n) is 4.86. The van der Waals surface area contributed by atoms with Gasteiger partial charge in [0.2, 0.25) is 5.91 Å². The lowest BCUT2D eigenvalue weighted by molar-refractivity contribution is -0.118. The summed E-state index contributed by atoms with van der Waals surface area (Å²) in [6.45, 7) is 2.40. The van der Waals surface area contributed by atoms with Crippen LogP contribution in [0, 0.1) is 5.92 Å². The van der Waals surface area contributed by atoms with Crippen LogP contribution in [-0.4, -0.2) is 41.3 Å². The first-order valence-corrected chi connectivity index (χ1v) is 13.4. The summed E-state index contributed by atoms with van der Waals surface area (Å²) in [7, 11) is 1.73. The maximum Gasteiger partial charge on any atom is 0.337 e. The maximum absolute atomic E-state index is 12.8. The smallest absolute Gasteiger partial charge is 0.337 e. The molecule has 1 N–H and O–H groups in total. The van der Waals surface area contributed by atoms with Crippen LogP contribution in [0.2, 0.25) is 10.0 Å². The molecule has 1 aliphatic heterocycles. The van der Waals surface area contributed by atoms with Gasteiger partial charge in [0, 0.05) is 30.8 Å². The van der Waals surface area contributed by atoms with Crippen LogP contribution in [0.1, 0.15) is 47.7 Å². The number of allylic oxidation sites excluding steroid dienone is 1. The van der Waals surface area contributed by atoms with E-state index in [9.17, 15) is 9.59 Å². The molecule has 1 amide bonds. The van der Waals surface area contributed by atoms with Crippen molar-refractivity contribution in [3.05, 3.63) is 92.6 Å². The molecule has 39 heavy (non-hydrogen) atoms. The second kappa shape index (κ2) is 11.2. The number of carboxylic acids is 1. The molecule has 2 aromatic carbocycles. The van der Waals surface area contributed by atoms with Crippen molar-refractivity contribution in [2.75, 3.05) is 18.6 Å². The van der Waals surface area contributed by atoms with Gasteiger partial charge in [-0.05, 0) is 80.1 Å². The van der Waals surface area contributed by atoms with Crippen molar-refractivity contribution < 1.29 is 19.4 Å². The first-order chi connectivity index (χ1) is 18.8. The minimum atomic E-state index is -1.07. The molecule has 0 radical (unpaired) electrons. The summed E-state index contributed by atoms with van der Waals surface area (Å²) in [5, 5.41) is 10.2. The largest absolute Gasteiger partial charge is 0.489 e. The number of ether oxygens (including phenoxy) is 1. The Labute approximate surface area is 236 Å². The summed E-state index contributed by atoms with van der Waals surface area (Å²) in [4.78, 5) is 34.3. The van der Waals surface area contributed by atoms with Gasteiger partial charge in [-0.1, -0.05) is 34.8 Å². The number of fused-ring (bicyclic) bond motifs is 1. The van der Waals surface area contributed by atoms with Crippen LogP contribution in [-0.2, 0) is 11.2 Å². The van der Waals surface area contributed by atoms with E-state index in [1.807, 2.05) is 24.3 Å². The number of aromatic nitrogens is 1. The SMILES string of the molecule is C/N=C(\C(COc1ccc2c(c1)CCC(=O)N2c1ccc(C(=O)O)cn1)=C(/C)C1CC1)c1c(Cl)cccc1Cl. The van der Waals surface area contributed by atoms with Crippen LogP contribution >= 0.6 is 23.2 Å². The molecule has 1 aliphatic carbocycles. The minimum absolute atomic E-state index is 0.0607. The summed E-state index contributed by atoms with van der Waals surface area (Å²) in [6, 6.07) is 14.0. The Balaban J connectivity index is 1.42. The summed E-state index contributed by atoms with van der Waals surface area (Å²) in [5.74, 6) is 0.367. The highest BCUT2D eigenvalue weighted by Gasteiger charge is 2.30. The van der Waals surface area contributed by atoms with Gasteiger partial charge in [-0.25, -0.2) is 9.78 Å². The van der Waals surface area contributed by atoms with Gasteiger partial charge >= 0.3 is 5.97 Å². The van der Waals surface area contributed by atoms with Crippen LogP contribution in [0.15, 0.2) is 70.9 Å². The first-order valence-electron chi connectivity index (χ1n) is 12.7. The fraction of sp³-hybridized carbons (Fsp3) is 0.267. The second-order valence-electron chi connectivity index (χ2n) is 9.62. The first kappa shape index (κ1) is 26.9. The number of carbonyl (C=O) groups excluding carboxylic acids is 1. The van der Waals surface area contributed by atoms with Gasteiger partial charge in [0.25, 0.3) is 0 Å². The molecule has 1 aromatic heterocycles. The van der Waals surface area contributed by atoms with Gasteiger partial charge in [-0.15, -0.1) is 0 Å². The normalized spacial score (nSPS) is 16.1. The van der Waals surface area contributed by atoms with E-state index in [1.54, 1.807) is 25.2 Å². The molecule has 0 saturated heterocycles. The number of halogens is 2. The zero-order valence-corrected chi connectivity index (χ0v) is 23.1. The lowest BCUT2D eigenvalue weighted by Crippen LogP contribution is -2.31. The molecule has 0 bridgehead atoms. The van der Waals surface area contributed by atoms with Gasteiger partial charge < -0.3 is 9.84 Å².